The molecule has 0 radical (unpaired) electrons. The Hall–Kier alpha value is -4.31. The Morgan fingerprint density at radius 2 is 1.50 bits per heavy atom. The number of aryl methyl sites for hydroxylation is 1. The number of nitrogens with zero attached hydrogens (tertiary/aromatic N) is 2. The fourth-order valence-electron chi connectivity index (χ4n) is 5.79. The second kappa shape index (κ2) is 11.8. The first-order valence-electron chi connectivity index (χ1n) is 14.3. The number of hydrogen-bond donors (Lipinski definition) is 0. The molecular formula is C36H36N2O2. The van der Waals surface area contributed by atoms with Crippen LogP contribution >= 0.6 is 0 Å². The van der Waals surface area contributed by atoms with Crippen LogP contribution in [0.5, 0.6) is 5.75 Å². The van der Waals surface area contributed by atoms with Gasteiger partial charge in [-0.1, -0.05) is 90.5 Å². The second-order valence-electron chi connectivity index (χ2n) is 10.9. The molecular weight excluding hydrogens is 492 g/mol. The molecule has 1 atom stereocenters. The lowest BCUT2D eigenvalue weighted by Gasteiger charge is -2.22. The molecule has 0 saturated carbocycles. The van der Waals surface area contributed by atoms with Gasteiger partial charge in [-0.25, -0.2) is 0 Å². The highest BCUT2D eigenvalue weighted by molar-refractivity contribution is 5.87. The number of likely N-dealkylation sites (tertiary alicyclic amines) is 1. The van der Waals surface area contributed by atoms with Gasteiger partial charge in [0, 0.05) is 49.1 Å². The third-order valence-electron chi connectivity index (χ3n) is 8.04. The zero-order chi connectivity index (χ0) is 27.3. The summed E-state index contributed by atoms with van der Waals surface area (Å²) in [5.74, 6) is 1.03. The molecule has 0 N–H and O–H groups in total. The van der Waals surface area contributed by atoms with Gasteiger partial charge in [0.25, 0.3) is 0 Å². The van der Waals surface area contributed by atoms with E-state index >= 15 is 0 Å². The molecule has 4 nitrogen and oxygen atoms in total. The van der Waals surface area contributed by atoms with Gasteiger partial charge < -0.3 is 14.2 Å². The highest BCUT2D eigenvalue weighted by atomic mass is 16.5. The van der Waals surface area contributed by atoms with Crippen LogP contribution in [0.3, 0.4) is 0 Å². The van der Waals surface area contributed by atoms with Crippen molar-refractivity contribution in [3.05, 3.63) is 137 Å². The Morgan fingerprint density at radius 1 is 0.800 bits per heavy atom. The molecule has 1 unspecified atom stereocenters. The van der Waals surface area contributed by atoms with Crippen molar-refractivity contribution < 1.29 is 9.53 Å². The maximum atomic E-state index is 13.5. The number of para-hydroxylation sites is 1. The zero-order valence-electron chi connectivity index (χ0n) is 23.1. The van der Waals surface area contributed by atoms with E-state index in [0.29, 0.717) is 13.0 Å². The summed E-state index contributed by atoms with van der Waals surface area (Å²) in [5.41, 5.74) is 7.20. The van der Waals surface area contributed by atoms with E-state index in [4.69, 9.17) is 4.74 Å². The second-order valence-corrected chi connectivity index (χ2v) is 10.9. The smallest absolute Gasteiger partial charge is 0.223 e. The number of carbonyl (C=O) groups is 1. The van der Waals surface area contributed by atoms with Gasteiger partial charge in [-0.05, 0) is 60.2 Å². The van der Waals surface area contributed by atoms with Crippen LogP contribution in [0, 0.1) is 6.92 Å². The van der Waals surface area contributed by atoms with Crippen LogP contribution in [-0.4, -0.2) is 28.5 Å². The van der Waals surface area contributed by atoms with Crippen molar-refractivity contribution in [3.63, 3.8) is 0 Å². The molecule has 2 heterocycles. The number of rotatable bonds is 9. The monoisotopic (exact) mass is 528 g/mol. The molecule has 4 heteroatoms. The number of aromatic nitrogens is 1. The normalized spacial score (nSPS) is 14.0. The van der Waals surface area contributed by atoms with Gasteiger partial charge >= 0.3 is 0 Å². The zero-order valence-corrected chi connectivity index (χ0v) is 23.1. The molecule has 5 aromatic rings. The molecule has 6 rings (SSSR count). The topological polar surface area (TPSA) is 34.5 Å². The average Bonchev–Trinajstić information content (AvgIpc) is 3.66. The van der Waals surface area contributed by atoms with Crippen LogP contribution in [0.15, 0.2) is 109 Å². The summed E-state index contributed by atoms with van der Waals surface area (Å²) in [6.07, 6.45) is 4.93. The van der Waals surface area contributed by atoms with Gasteiger partial charge in [-0.2, -0.15) is 0 Å². The van der Waals surface area contributed by atoms with Crippen LogP contribution in [0.4, 0.5) is 0 Å². The van der Waals surface area contributed by atoms with Gasteiger partial charge in [-0.15, -0.1) is 0 Å². The number of carbonyl (C=O) groups excluding carboxylic acids is 1. The highest BCUT2D eigenvalue weighted by Crippen LogP contribution is 2.36. The predicted octanol–water partition coefficient (Wildman–Crippen LogP) is 7.72. The molecule has 1 aliphatic rings. The quantitative estimate of drug-likeness (QED) is 0.196. The van der Waals surface area contributed by atoms with Crippen LogP contribution in [0.2, 0.25) is 0 Å². The van der Waals surface area contributed by atoms with E-state index < -0.39 is 0 Å². The van der Waals surface area contributed by atoms with Crippen molar-refractivity contribution in [2.24, 2.45) is 0 Å². The molecule has 1 amide bonds. The molecule has 0 bridgehead atoms. The van der Waals surface area contributed by atoms with E-state index in [1.165, 1.54) is 27.6 Å². The predicted molar refractivity (Wildman–Crippen MR) is 162 cm³/mol. The first kappa shape index (κ1) is 25.9. The maximum absolute atomic E-state index is 13.5. The summed E-state index contributed by atoms with van der Waals surface area (Å²) in [4.78, 5) is 15.5. The fraction of sp³-hybridized carbons (Fsp3) is 0.250. The summed E-state index contributed by atoms with van der Waals surface area (Å²) < 4.78 is 8.40. The average molecular weight is 529 g/mol. The van der Waals surface area contributed by atoms with Crippen molar-refractivity contribution >= 4 is 16.8 Å². The fourth-order valence-corrected chi connectivity index (χ4v) is 5.79. The summed E-state index contributed by atoms with van der Waals surface area (Å²) in [5, 5.41) is 1.21. The lowest BCUT2D eigenvalue weighted by molar-refractivity contribution is -0.130. The molecule has 1 aromatic heterocycles. The minimum Gasteiger partial charge on any atom is -0.489 e. The van der Waals surface area contributed by atoms with E-state index in [0.717, 1.165) is 49.4 Å². The van der Waals surface area contributed by atoms with E-state index in [2.05, 4.69) is 90.5 Å². The summed E-state index contributed by atoms with van der Waals surface area (Å²) in [6.45, 7) is 5.18. The molecule has 1 fully saturated rings. The minimum absolute atomic E-state index is 0.0413. The van der Waals surface area contributed by atoms with Gasteiger partial charge in [0.15, 0.2) is 0 Å². The standard InChI is InChI=1S/C36H36N2O2/c1-27-13-15-28(16-14-27)24-38-25-34(32-11-5-6-12-35(32)38)33(23-36(39)37-21-7-8-22-37)30-17-19-31(20-18-30)40-26-29-9-3-2-4-10-29/h2-6,9-20,25,33H,7-8,21-24,26H2,1H3. The number of benzene rings is 4. The van der Waals surface area contributed by atoms with Crippen molar-refractivity contribution in [2.75, 3.05) is 13.1 Å². The van der Waals surface area contributed by atoms with Gasteiger partial charge in [0.05, 0.1) is 0 Å². The number of amides is 1. The molecule has 4 aromatic carbocycles. The van der Waals surface area contributed by atoms with Crippen molar-refractivity contribution in [1.82, 2.24) is 9.47 Å². The third kappa shape index (κ3) is 5.81. The van der Waals surface area contributed by atoms with E-state index in [9.17, 15) is 4.79 Å². The minimum atomic E-state index is -0.0413. The van der Waals surface area contributed by atoms with Crippen molar-refractivity contribution in [3.8, 4) is 5.75 Å². The van der Waals surface area contributed by atoms with Crippen molar-refractivity contribution in [1.29, 1.82) is 0 Å². The largest absolute Gasteiger partial charge is 0.489 e. The number of fused-ring (bicyclic) bond motifs is 1. The van der Waals surface area contributed by atoms with E-state index in [1.54, 1.807) is 0 Å². The Balaban J connectivity index is 1.33. The number of ether oxygens (including phenoxy) is 1. The summed E-state index contributed by atoms with van der Waals surface area (Å²) in [7, 11) is 0. The van der Waals surface area contributed by atoms with Crippen LogP contribution < -0.4 is 4.74 Å². The van der Waals surface area contributed by atoms with Gasteiger partial charge in [-0.3, -0.25) is 4.79 Å². The van der Waals surface area contributed by atoms with E-state index in [-0.39, 0.29) is 11.8 Å². The Labute approximate surface area is 236 Å². The highest BCUT2D eigenvalue weighted by Gasteiger charge is 2.26. The molecule has 202 valence electrons. The Morgan fingerprint density at radius 3 is 2.25 bits per heavy atom. The van der Waals surface area contributed by atoms with Crippen LogP contribution in [0.1, 0.15) is 53.0 Å². The lowest BCUT2D eigenvalue weighted by Crippen LogP contribution is -2.29. The maximum Gasteiger partial charge on any atom is 0.223 e. The summed E-state index contributed by atoms with van der Waals surface area (Å²) >= 11 is 0. The van der Waals surface area contributed by atoms with Gasteiger partial charge in [0.1, 0.15) is 12.4 Å². The molecule has 1 saturated heterocycles. The molecule has 40 heavy (non-hydrogen) atoms. The Bertz CT molecular complexity index is 1560. The Kier molecular flexibility index (Phi) is 7.67. The van der Waals surface area contributed by atoms with Crippen LogP contribution in [0.25, 0.3) is 10.9 Å². The summed E-state index contributed by atoms with van der Waals surface area (Å²) in [6, 6.07) is 35.9. The number of hydrogen-bond acceptors (Lipinski definition) is 2. The lowest BCUT2D eigenvalue weighted by atomic mass is 9.87. The first-order valence-corrected chi connectivity index (χ1v) is 14.3. The first-order chi connectivity index (χ1) is 19.6. The third-order valence-corrected chi connectivity index (χ3v) is 8.04. The van der Waals surface area contributed by atoms with E-state index in [1.807, 2.05) is 35.2 Å². The van der Waals surface area contributed by atoms with Gasteiger partial charge in [0.2, 0.25) is 5.91 Å². The SMILES string of the molecule is Cc1ccc(Cn2cc(C(CC(=O)N3CCCC3)c3ccc(OCc4ccccc4)cc3)c3ccccc32)cc1. The van der Waals surface area contributed by atoms with Crippen molar-refractivity contribution in [2.45, 2.75) is 45.3 Å². The molecule has 0 spiro atoms. The van der Waals surface area contributed by atoms with Crippen LogP contribution in [-0.2, 0) is 17.9 Å². The molecule has 0 aliphatic carbocycles. The molecule has 1 aliphatic heterocycles.